The third-order valence-corrected chi connectivity index (χ3v) is 6.28. The van der Waals surface area contributed by atoms with E-state index in [2.05, 4.69) is 20.8 Å². The van der Waals surface area contributed by atoms with Crippen LogP contribution in [-0.2, 0) is 35.4 Å². The van der Waals surface area contributed by atoms with Crippen LogP contribution in [0.3, 0.4) is 0 Å². The summed E-state index contributed by atoms with van der Waals surface area (Å²) in [5.74, 6) is -0.0712. The number of nitrogens with zero attached hydrogens (tertiary/aromatic N) is 2. The quantitative estimate of drug-likeness (QED) is 0.171. The van der Waals surface area contributed by atoms with Crippen molar-refractivity contribution in [1.29, 1.82) is 0 Å². The van der Waals surface area contributed by atoms with E-state index >= 15 is 0 Å². The molecule has 0 bridgehead atoms. The molecule has 10 heteroatoms. The van der Waals surface area contributed by atoms with E-state index in [0.29, 0.717) is 23.8 Å². The second kappa shape index (κ2) is 14.5. The van der Waals surface area contributed by atoms with E-state index in [4.69, 9.17) is 17.2 Å². The van der Waals surface area contributed by atoms with Crippen LogP contribution in [0.25, 0.3) is 0 Å². The van der Waals surface area contributed by atoms with Crippen molar-refractivity contribution in [2.75, 3.05) is 5.32 Å². The number of hydrogen-bond donors (Lipinski definition) is 5. The Bertz CT molecular complexity index is 1240. The first-order valence-corrected chi connectivity index (χ1v) is 12.9. The summed E-state index contributed by atoms with van der Waals surface area (Å²) in [5.41, 5.74) is 21.1. The summed E-state index contributed by atoms with van der Waals surface area (Å²) >= 11 is 1.37. The van der Waals surface area contributed by atoms with E-state index in [1.54, 1.807) is 12.2 Å². The first-order chi connectivity index (χ1) is 17.9. The van der Waals surface area contributed by atoms with Gasteiger partial charge in [0.15, 0.2) is 0 Å². The van der Waals surface area contributed by atoms with E-state index in [0.717, 1.165) is 41.0 Å². The molecule has 3 rings (SSSR count). The van der Waals surface area contributed by atoms with Crippen LogP contribution < -0.4 is 27.8 Å². The molecule has 2 aromatic carbocycles. The highest BCUT2D eigenvalue weighted by molar-refractivity contribution is 7.15. The van der Waals surface area contributed by atoms with Crippen molar-refractivity contribution < 1.29 is 9.59 Å². The number of aromatic nitrogens is 2. The number of hydrogen-bond acceptors (Lipinski definition) is 8. The highest BCUT2D eigenvalue weighted by atomic mass is 32.1. The zero-order valence-corrected chi connectivity index (χ0v) is 21.5. The fourth-order valence-electron chi connectivity index (χ4n) is 3.53. The first kappa shape index (κ1) is 27.6. The lowest BCUT2D eigenvalue weighted by molar-refractivity contribution is -0.119. The van der Waals surface area contributed by atoms with Gasteiger partial charge in [0.1, 0.15) is 10.8 Å². The molecule has 0 aliphatic carbocycles. The van der Waals surface area contributed by atoms with Gasteiger partial charge in [-0.2, -0.15) is 0 Å². The SMILES string of the molecule is NCc1cccc(CC(=O)Nc2nnc(CCCC/C(N)=C/C=C(\N)NC(=O)Cc3ccccc3)s2)c1. The summed E-state index contributed by atoms with van der Waals surface area (Å²) in [6.45, 7) is 0.439. The second-order valence-corrected chi connectivity index (χ2v) is 9.59. The molecule has 3 aromatic rings. The number of benzene rings is 2. The molecule has 0 aliphatic rings. The Labute approximate surface area is 220 Å². The molecular formula is C27H33N7O2S. The monoisotopic (exact) mass is 519 g/mol. The number of rotatable bonds is 13. The third-order valence-electron chi connectivity index (χ3n) is 5.38. The summed E-state index contributed by atoms with van der Waals surface area (Å²) in [7, 11) is 0. The molecule has 0 aliphatic heterocycles. The molecule has 0 atom stereocenters. The Kier molecular flexibility index (Phi) is 10.8. The van der Waals surface area contributed by atoms with E-state index in [9.17, 15) is 9.59 Å². The summed E-state index contributed by atoms with van der Waals surface area (Å²) in [6.07, 6.45) is 6.98. The lowest BCUT2D eigenvalue weighted by Gasteiger charge is -2.05. The van der Waals surface area contributed by atoms with E-state index < -0.39 is 0 Å². The Balaban J connectivity index is 1.35. The van der Waals surface area contributed by atoms with Crippen molar-refractivity contribution >= 4 is 28.3 Å². The van der Waals surface area contributed by atoms with Crippen LogP contribution in [0.5, 0.6) is 0 Å². The third kappa shape index (κ3) is 10.2. The van der Waals surface area contributed by atoms with Crippen molar-refractivity contribution in [3.8, 4) is 0 Å². The van der Waals surface area contributed by atoms with Gasteiger partial charge in [-0.3, -0.25) is 9.59 Å². The Morgan fingerprint density at radius 1 is 0.865 bits per heavy atom. The fourth-order valence-corrected chi connectivity index (χ4v) is 4.33. The maximum atomic E-state index is 12.3. The van der Waals surface area contributed by atoms with Crippen molar-refractivity contribution in [3.63, 3.8) is 0 Å². The number of anilines is 1. The minimum absolute atomic E-state index is 0.140. The van der Waals surface area contributed by atoms with Gasteiger partial charge in [-0.15, -0.1) is 10.2 Å². The predicted molar refractivity (Wildman–Crippen MR) is 147 cm³/mol. The Hall–Kier alpha value is -4.02. The number of unbranched alkanes of at least 4 members (excludes halogenated alkanes) is 1. The normalized spacial score (nSPS) is 11.8. The number of amides is 2. The largest absolute Gasteiger partial charge is 0.402 e. The minimum atomic E-state index is -0.180. The lowest BCUT2D eigenvalue weighted by atomic mass is 10.1. The van der Waals surface area contributed by atoms with Crippen LogP contribution in [0, 0.1) is 0 Å². The molecule has 0 fully saturated rings. The Morgan fingerprint density at radius 3 is 2.38 bits per heavy atom. The van der Waals surface area contributed by atoms with Crippen LogP contribution in [0.1, 0.15) is 41.0 Å². The summed E-state index contributed by atoms with van der Waals surface area (Å²) in [4.78, 5) is 24.4. The molecule has 1 aromatic heterocycles. The number of nitrogens with two attached hydrogens (primary N) is 3. The molecule has 37 heavy (non-hydrogen) atoms. The van der Waals surface area contributed by atoms with Crippen molar-refractivity contribution in [3.05, 3.63) is 100.0 Å². The number of nitrogens with one attached hydrogen (secondary N) is 2. The average molecular weight is 520 g/mol. The Morgan fingerprint density at radius 2 is 1.59 bits per heavy atom. The van der Waals surface area contributed by atoms with Crippen LogP contribution in [-0.4, -0.2) is 22.0 Å². The van der Waals surface area contributed by atoms with E-state index in [-0.39, 0.29) is 30.5 Å². The van der Waals surface area contributed by atoms with Crippen molar-refractivity contribution in [1.82, 2.24) is 15.5 Å². The first-order valence-electron chi connectivity index (χ1n) is 12.1. The van der Waals surface area contributed by atoms with Gasteiger partial charge in [-0.05, 0) is 48.1 Å². The molecular weight excluding hydrogens is 486 g/mol. The molecule has 0 saturated carbocycles. The molecule has 2 amide bonds. The zero-order chi connectivity index (χ0) is 26.5. The van der Waals surface area contributed by atoms with Gasteiger partial charge >= 0.3 is 0 Å². The molecule has 0 radical (unpaired) electrons. The van der Waals surface area contributed by atoms with Gasteiger partial charge in [-0.1, -0.05) is 65.9 Å². The van der Waals surface area contributed by atoms with Crippen molar-refractivity contribution in [2.45, 2.75) is 45.1 Å². The number of carbonyl (C=O) groups excluding carboxylic acids is 2. The average Bonchev–Trinajstić information content (AvgIpc) is 3.32. The van der Waals surface area contributed by atoms with Gasteiger partial charge in [0, 0.05) is 18.7 Å². The van der Waals surface area contributed by atoms with Gasteiger partial charge in [-0.25, -0.2) is 0 Å². The number of allylic oxidation sites excluding steroid dienone is 3. The van der Waals surface area contributed by atoms with Crippen molar-refractivity contribution in [2.24, 2.45) is 17.2 Å². The van der Waals surface area contributed by atoms with Gasteiger partial charge < -0.3 is 27.8 Å². The molecule has 0 unspecified atom stereocenters. The van der Waals surface area contributed by atoms with E-state index in [1.807, 2.05) is 54.6 Å². The smallest absolute Gasteiger partial charge is 0.230 e. The molecule has 8 N–H and O–H groups in total. The topological polar surface area (TPSA) is 162 Å². The van der Waals surface area contributed by atoms with Gasteiger partial charge in [0.25, 0.3) is 0 Å². The summed E-state index contributed by atoms with van der Waals surface area (Å²) in [5, 5.41) is 15.0. The van der Waals surface area contributed by atoms with Crippen LogP contribution >= 0.6 is 11.3 Å². The zero-order valence-electron chi connectivity index (χ0n) is 20.7. The summed E-state index contributed by atoms with van der Waals surface area (Å²) in [6, 6.07) is 17.1. The van der Waals surface area contributed by atoms with E-state index in [1.165, 1.54) is 11.3 Å². The van der Waals surface area contributed by atoms with Gasteiger partial charge in [0.2, 0.25) is 16.9 Å². The molecule has 0 saturated heterocycles. The van der Waals surface area contributed by atoms with Gasteiger partial charge in [0.05, 0.1) is 12.8 Å². The second-order valence-electron chi connectivity index (χ2n) is 8.53. The highest BCUT2D eigenvalue weighted by Gasteiger charge is 2.10. The predicted octanol–water partition coefficient (Wildman–Crippen LogP) is 2.89. The standard InChI is InChI=1S/C27H33N7O2S/c28-18-21-10-6-9-20(15-21)17-25(36)32-27-34-33-26(37-27)12-5-4-11-22(29)13-14-23(30)31-24(35)16-19-7-2-1-3-8-19/h1-3,6-10,13-15H,4-5,11-12,16-18,28-30H2,(H,31,35)(H,32,34,36)/b22-13-,23-14+. The number of aryl methyl sites for hydroxylation is 1. The molecule has 0 spiro atoms. The van der Waals surface area contributed by atoms with Crippen LogP contribution in [0.2, 0.25) is 0 Å². The minimum Gasteiger partial charge on any atom is -0.402 e. The fraction of sp³-hybridized carbons (Fsp3) is 0.259. The maximum Gasteiger partial charge on any atom is 0.230 e. The maximum absolute atomic E-state index is 12.3. The molecule has 1 heterocycles. The summed E-state index contributed by atoms with van der Waals surface area (Å²) < 4.78 is 0. The lowest BCUT2D eigenvalue weighted by Crippen LogP contribution is -2.28. The highest BCUT2D eigenvalue weighted by Crippen LogP contribution is 2.18. The number of carbonyl (C=O) groups is 2. The molecule has 194 valence electrons. The van der Waals surface area contributed by atoms with Crippen LogP contribution in [0.15, 0.2) is 78.3 Å². The van der Waals surface area contributed by atoms with Crippen LogP contribution in [0.4, 0.5) is 5.13 Å². The molecule has 9 nitrogen and oxygen atoms in total.